The normalized spacial score (nSPS) is 13.4. The van der Waals surface area contributed by atoms with E-state index in [0.717, 1.165) is 18.7 Å². The Morgan fingerprint density at radius 3 is 2.24 bits per heavy atom. The van der Waals surface area contributed by atoms with Crippen LogP contribution in [0.2, 0.25) is 0 Å². The van der Waals surface area contributed by atoms with Gasteiger partial charge in [-0.15, -0.1) is 0 Å². The van der Waals surface area contributed by atoms with Gasteiger partial charge in [0.1, 0.15) is 25.0 Å². The molecule has 0 spiro atoms. The highest BCUT2D eigenvalue weighted by molar-refractivity contribution is 5.74. The van der Waals surface area contributed by atoms with Crippen LogP contribution in [0, 0.1) is 0 Å². The van der Waals surface area contributed by atoms with Gasteiger partial charge in [0.2, 0.25) is 0 Å². The Balaban J connectivity index is 1.81. The molecule has 0 saturated carbocycles. The number of nitrogens with zero attached hydrogens (tertiary/aromatic N) is 1. The summed E-state index contributed by atoms with van der Waals surface area (Å²) in [4.78, 5) is 12.8. The van der Waals surface area contributed by atoms with Crippen molar-refractivity contribution < 1.29 is 18.8 Å². The third-order valence-electron chi connectivity index (χ3n) is 6.38. The number of rotatable bonds is 15. The molecule has 0 heterocycles. The van der Waals surface area contributed by atoms with Gasteiger partial charge in [-0.25, -0.2) is 4.79 Å². The standard InChI is InChI=1S/C29H44NO3/c1-6-7-8-9-10-14-19-27-20-15-16-21-28(27)33-24(2)23-32-29(31)25(3)30(4,5)22-26-17-12-11-13-18-26/h11-13,15-18,20-21,24-25H,6-10,14,19,22-23H2,1-5H3/q+1. The number of unbranched alkanes of at least 4 members (excludes halogenated alkanes) is 5. The number of aryl methyl sites for hydroxylation is 1. The zero-order chi connectivity index (χ0) is 24.1. The highest BCUT2D eigenvalue weighted by atomic mass is 16.6. The molecular formula is C29H44NO3+. The Kier molecular flexibility index (Phi) is 11.5. The van der Waals surface area contributed by atoms with Gasteiger partial charge in [-0.05, 0) is 38.3 Å². The van der Waals surface area contributed by atoms with Crippen LogP contribution >= 0.6 is 0 Å². The van der Waals surface area contributed by atoms with Gasteiger partial charge in [0.25, 0.3) is 0 Å². The molecule has 0 aliphatic rings. The summed E-state index contributed by atoms with van der Waals surface area (Å²) in [6.07, 6.45) is 8.51. The largest absolute Gasteiger partial charge is 0.487 e. The van der Waals surface area contributed by atoms with E-state index in [4.69, 9.17) is 9.47 Å². The quantitative estimate of drug-likeness (QED) is 0.174. The first kappa shape index (κ1) is 26.9. The van der Waals surface area contributed by atoms with Gasteiger partial charge in [0.15, 0.2) is 6.04 Å². The monoisotopic (exact) mass is 454 g/mol. The fourth-order valence-corrected chi connectivity index (χ4v) is 3.97. The molecule has 0 bridgehead atoms. The predicted molar refractivity (Wildman–Crippen MR) is 136 cm³/mol. The molecule has 0 N–H and O–H groups in total. The Morgan fingerprint density at radius 1 is 0.879 bits per heavy atom. The maximum absolute atomic E-state index is 12.8. The van der Waals surface area contributed by atoms with E-state index in [1.807, 2.05) is 44.2 Å². The molecule has 2 aromatic carbocycles. The first-order valence-electron chi connectivity index (χ1n) is 12.6. The van der Waals surface area contributed by atoms with Crippen LogP contribution in [-0.2, 0) is 22.5 Å². The molecule has 0 amide bonds. The van der Waals surface area contributed by atoms with E-state index in [2.05, 4.69) is 45.3 Å². The van der Waals surface area contributed by atoms with E-state index in [0.29, 0.717) is 4.48 Å². The van der Waals surface area contributed by atoms with Crippen LogP contribution in [-0.4, -0.2) is 43.3 Å². The molecule has 2 aromatic rings. The van der Waals surface area contributed by atoms with Crippen LogP contribution in [0.4, 0.5) is 0 Å². The lowest BCUT2D eigenvalue weighted by atomic mass is 10.0. The molecule has 2 unspecified atom stereocenters. The fourth-order valence-electron chi connectivity index (χ4n) is 3.97. The minimum Gasteiger partial charge on any atom is -0.487 e. The molecule has 0 aromatic heterocycles. The maximum Gasteiger partial charge on any atom is 0.364 e. The number of benzene rings is 2. The summed E-state index contributed by atoms with van der Waals surface area (Å²) in [5, 5.41) is 0. The lowest BCUT2D eigenvalue weighted by Gasteiger charge is -2.34. The number of carbonyl (C=O) groups excluding carboxylic acids is 1. The number of para-hydroxylation sites is 1. The van der Waals surface area contributed by atoms with Gasteiger partial charge in [-0.1, -0.05) is 87.6 Å². The third-order valence-corrected chi connectivity index (χ3v) is 6.38. The minimum atomic E-state index is -0.266. The number of hydrogen-bond acceptors (Lipinski definition) is 3. The van der Waals surface area contributed by atoms with E-state index >= 15 is 0 Å². The molecule has 4 heteroatoms. The summed E-state index contributed by atoms with van der Waals surface area (Å²) >= 11 is 0. The number of ether oxygens (including phenoxy) is 2. The van der Waals surface area contributed by atoms with Crippen molar-refractivity contribution in [3.8, 4) is 5.75 Å². The van der Waals surface area contributed by atoms with E-state index in [9.17, 15) is 4.79 Å². The second-order valence-corrected chi connectivity index (χ2v) is 9.78. The van der Waals surface area contributed by atoms with Crippen LogP contribution in [0.1, 0.15) is 70.4 Å². The average molecular weight is 455 g/mol. The van der Waals surface area contributed by atoms with Gasteiger partial charge in [-0.2, -0.15) is 0 Å². The molecule has 0 saturated heterocycles. The lowest BCUT2D eigenvalue weighted by Crippen LogP contribution is -2.51. The van der Waals surface area contributed by atoms with Crippen molar-refractivity contribution in [1.82, 2.24) is 0 Å². The van der Waals surface area contributed by atoms with Crippen molar-refractivity contribution in [1.29, 1.82) is 0 Å². The summed E-state index contributed by atoms with van der Waals surface area (Å²) < 4.78 is 12.4. The lowest BCUT2D eigenvalue weighted by molar-refractivity contribution is -0.917. The number of likely N-dealkylation sites (N-methyl/N-ethyl adjacent to an activating group) is 1. The second kappa shape index (κ2) is 14.0. The van der Waals surface area contributed by atoms with Crippen molar-refractivity contribution in [2.45, 2.75) is 84.4 Å². The van der Waals surface area contributed by atoms with Crippen LogP contribution in [0.25, 0.3) is 0 Å². The highest BCUT2D eigenvalue weighted by Crippen LogP contribution is 2.22. The van der Waals surface area contributed by atoms with Crippen LogP contribution < -0.4 is 4.74 Å². The number of carbonyl (C=O) groups is 1. The molecule has 0 aliphatic carbocycles. The molecule has 2 atom stereocenters. The molecule has 0 fully saturated rings. The zero-order valence-corrected chi connectivity index (χ0v) is 21.4. The summed E-state index contributed by atoms with van der Waals surface area (Å²) in [5.41, 5.74) is 2.45. The van der Waals surface area contributed by atoms with E-state index < -0.39 is 0 Å². The molecule has 0 aliphatic heterocycles. The first-order valence-corrected chi connectivity index (χ1v) is 12.6. The first-order chi connectivity index (χ1) is 15.8. The maximum atomic E-state index is 12.8. The van der Waals surface area contributed by atoms with E-state index in [1.54, 1.807) is 0 Å². The molecule has 0 radical (unpaired) electrons. The van der Waals surface area contributed by atoms with Crippen molar-refractivity contribution in [2.75, 3.05) is 20.7 Å². The number of quaternary nitrogens is 1. The smallest absolute Gasteiger partial charge is 0.364 e. The minimum absolute atomic E-state index is 0.188. The average Bonchev–Trinajstić information content (AvgIpc) is 2.80. The Bertz CT molecular complexity index is 819. The number of hydrogen-bond donors (Lipinski definition) is 0. The summed E-state index contributed by atoms with van der Waals surface area (Å²) in [7, 11) is 4.13. The van der Waals surface area contributed by atoms with E-state index in [1.165, 1.54) is 49.7 Å². The SMILES string of the molecule is CCCCCCCCc1ccccc1OC(C)COC(=O)C(C)[N+](C)(C)Cc1ccccc1. The van der Waals surface area contributed by atoms with Gasteiger partial charge in [0.05, 0.1) is 14.1 Å². The second-order valence-electron chi connectivity index (χ2n) is 9.78. The molecule has 4 nitrogen and oxygen atoms in total. The Morgan fingerprint density at radius 2 is 1.52 bits per heavy atom. The van der Waals surface area contributed by atoms with Gasteiger partial charge in [-0.3, -0.25) is 0 Å². The van der Waals surface area contributed by atoms with Crippen LogP contribution in [0.5, 0.6) is 5.75 Å². The van der Waals surface area contributed by atoms with Gasteiger partial charge < -0.3 is 14.0 Å². The van der Waals surface area contributed by atoms with Crippen molar-refractivity contribution in [3.63, 3.8) is 0 Å². The highest BCUT2D eigenvalue weighted by Gasteiger charge is 2.32. The molecule has 33 heavy (non-hydrogen) atoms. The van der Waals surface area contributed by atoms with Crippen LogP contribution in [0.3, 0.4) is 0 Å². The summed E-state index contributed by atoms with van der Waals surface area (Å²) in [6.45, 7) is 7.17. The fraction of sp³-hybridized carbons (Fsp3) is 0.552. The Labute approximate surface area is 201 Å². The molecule has 182 valence electrons. The molecule has 2 rings (SSSR count). The summed E-state index contributed by atoms with van der Waals surface area (Å²) in [5.74, 6) is 0.717. The van der Waals surface area contributed by atoms with Crippen molar-refractivity contribution >= 4 is 5.97 Å². The Hall–Kier alpha value is -2.33. The molecular weight excluding hydrogens is 410 g/mol. The van der Waals surface area contributed by atoms with Gasteiger partial charge in [0, 0.05) is 5.56 Å². The zero-order valence-electron chi connectivity index (χ0n) is 21.4. The third kappa shape index (κ3) is 9.59. The van der Waals surface area contributed by atoms with Gasteiger partial charge >= 0.3 is 5.97 Å². The van der Waals surface area contributed by atoms with E-state index in [-0.39, 0.29) is 24.7 Å². The summed E-state index contributed by atoms with van der Waals surface area (Å²) in [6, 6.07) is 18.2. The van der Waals surface area contributed by atoms with Crippen molar-refractivity contribution in [2.24, 2.45) is 0 Å². The topological polar surface area (TPSA) is 35.5 Å². The number of esters is 1. The van der Waals surface area contributed by atoms with Crippen LogP contribution in [0.15, 0.2) is 54.6 Å². The van der Waals surface area contributed by atoms with Crippen molar-refractivity contribution in [3.05, 3.63) is 65.7 Å². The predicted octanol–water partition coefficient (Wildman–Crippen LogP) is 6.57.